The van der Waals surface area contributed by atoms with Gasteiger partial charge in [0.15, 0.2) is 0 Å². The van der Waals surface area contributed by atoms with Crippen LogP contribution in [0, 0.1) is 5.92 Å². The average Bonchev–Trinajstić information content (AvgIpc) is 2.92. The zero-order valence-corrected chi connectivity index (χ0v) is 10.7. The van der Waals surface area contributed by atoms with Crippen LogP contribution in [0.25, 0.3) is 0 Å². The first-order chi connectivity index (χ1) is 7.45. The van der Waals surface area contributed by atoms with Crippen LogP contribution in [0.5, 0.6) is 0 Å². The molecule has 1 nitrogen and oxygen atoms in total. The highest BCUT2D eigenvalue weighted by atomic mass is 32.2. The summed E-state index contributed by atoms with van der Waals surface area (Å²) in [4.78, 5) is 0. The first-order valence-corrected chi connectivity index (χ1v) is 7.92. The fourth-order valence-corrected chi connectivity index (χ4v) is 3.59. The second-order valence-corrected chi connectivity index (χ2v) is 6.31. The van der Waals surface area contributed by atoms with E-state index in [0.717, 1.165) is 12.0 Å². The highest BCUT2D eigenvalue weighted by Crippen LogP contribution is 2.28. The molecule has 0 bridgehead atoms. The fraction of sp³-hybridized carbons (Fsp3) is 1.00. The van der Waals surface area contributed by atoms with Crippen molar-refractivity contribution in [2.75, 3.05) is 18.1 Å². The maximum Gasteiger partial charge on any atom is 0.00682 e. The maximum absolute atomic E-state index is 3.58. The lowest BCUT2D eigenvalue weighted by Gasteiger charge is -2.08. The Balaban J connectivity index is 1.32. The van der Waals surface area contributed by atoms with Gasteiger partial charge in [0.05, 0.1) is 0 Å². The van der Waals surface area contributed by atoms with Gasteiger partial charge in [-0.15, -0.1) is 0 Å². The lowest BCUT2D eigenvalue weighted by molar-refractivity contribution is 0.620. The molecule has 0 heterocycles. The number of rotatable bonds is 8. The van der Waals surface area contributed by atoms with Crippen LogP contribution in [0.1, 0.15) is 51.4 Å². The van der Waals surface area contributed by atoms with Crippen LogP contribution in [-0.2, 0) is 0 Å². The standard InChI is InChI=1S/C13H25NS/c1-2-6-12(5-1)11-15-10-4-3-9-14-13-7-8-13/h12-14H,1-11H2. The molecule has 2 aliphatic rings. The molecule has 0 radical (unpaired) electrons. The molecule has 0 aromatic rings. The number of thioether (sulfide) groups is 1. The van der Waals surface area contributed by atoms with E-state index in [9.17, 15) is 0 Å². The third kappa shape index (κ3) is 5.26. The van der Waals surface area contributed by atoms with Crippen molar-refractivity contribution in [3.63, 3.8) is 0 Å². The third-order valence-electron chi connectivity index (χ3n) is 3.55. The van der Waals surface area contributed by atoms with Gasteiger partial charge in [-0.25, -0.2) is 0 Å². The van der Waals surface area contributed by atoms with Crippen LogP contribution < -0.4 is 5.32 Å². The fourth-order valence-electron chi connectivity index (χ4n) is 2.35. The summed E-state index contributed by atoms with van der Waals surface area (Å²) in [6.45, 7) is 1.26. The van der Waals surface area contributed by atoms with E-state index in [-0.39, 0.29) is 0 Å². The van der Waals surface area contributed by atoms with Gasteiger partial charge in [-0.3, -0.25) is 0 Å². The Kier molecular flexibility index (Phi) is 5.34. The summed E-state index contributed by atoms with van der Waals surface area (Å²) in [6.07, 6.45) is 11.7. The summed E-state index contributed by atoms with van der Waals surface area (Å²) in [5, 5.41) is 3.58. The molecule has 0 aliphatic heterocycles. The Morgan fingerprint density at radius 1 is 1.00 bits per heavy atom. The van der Waals surface area contributed by atoms with Crippen molar-refractivity contribution in [3.05, 3.63) is 0 Å². The lowest BCUT2D eigenvalue weighted by Crippen LogP contribution is -2.17. The van der Waals surface area contributed by atoms with Crippen LogP contribution in [0.15, 0.2) is 0 Å². The van der Waals surface area contributed by atoms with Crippen molar-refractivity contribution >= 4 is 11.8 Å². The van der Waals surface area contributed by atoms with E-state index in [4.69, 9.17) is 0 Å². The summed E-state index contributed by atoms with van der Waals surface area (Å²) in [6, 6.07) is 0.899. The lowest BCUT2D eigenvalue weighted by atomic mass is 10.1. The normalized spacial score (nSPS) is 22.4. The first-order valence-electron chi connectivity index (χ1n) is 6.76. The summed E-state index contributed by atoms with van der Waals surface area (Å²) >= 11 is 2.20. The van der Waals surface area contributed by atoms with Crippen molar-refractivity contribution in [2.24, 2.45) is 5.92 Å². The van der Waals surface area contributed by atoms with Crippen LogP contribution in [0.2, 0.25) is 0 Å². The Labute approximate surface area is 98.8 Å². The number of hydrogen-bond donors (Lipinski definition) is 1. The molecule has 15 heavy (non-hydrogen) atoms. The van der Waals surface area contributed by atoms with Gasteiger partial charge in [-0.05, 0) is 62.5 Å². The van der Waals surface area contributed by atoms with Crippen LogP contribution >= 0.6 is 11.8 Å². The Morgan fingerprint density at radius 3 is 2.53 bits per heavy atom. The molecule has 0 unspecified atom stereocenters. The monoisotopic (exact) mass is 227 g/mol. The SMILES string of the molecule is C(CCSCC1CCCC1)CNC1CC1. The second-order valence-electron chi connectivity index (χ2n) is 5.16. The van der Waals surface area contributed by atoms with E-state index in [1.807, 2.05) is 0 Å². The Hall–Kier alpha value is 0.310. The zero-order valence-electron chi connectivity index (χ0n) is 9.84. The highest BCUT2D eigenvalue weighted by molar-refractivity contribution is 7.99. The third-order valence-corrected chi connectivity index (χ3v) is 4.84. The van der Waals surface area contributed by atoms with E-state index < -0.39 is 0 Å². The van der Waals surface area contributed by atoms with Crippen LogP contribution in [0.3, 0.4) is 0 Å². The molecule has 88 valence electrons. The van der Waals surface area contributed by atoms with Gasteiger partial charge in [0.25, 0.3) is 0 Å². The van der Waals surface area contributed by atoms with Gasteiger partial charge < -0.3 is 5.32 Å². The minimum absolute atomic E-state index is 0.899. The molecule has 2 aliphatic carbocycles. The topological polar surface area (TPSA) is 12.0 Å². The average molecular weight is 227 g/mol. The Morgan fingerprint density at radius 2 is 1.80 bits per heavy atom. The van der Waals surface area contributed by atoms with E-state index in [0.29, 0.717) is 0 Å². The van der Waals surface area contributed by atoms with Crippen molar-refractivity contribution < 1.29 is 0 Å². The summed E-state index contributed by atoms with van der Waals surface area (Å²) < 4.78 is 0. The molecule has 0 saturated heterocycles. The number of hydrogen-bond acceptors (Lipinski definition) is 2. The van der Waals surface area contributed by atoms with Gasteiger partial charge in [0.2, 0.25) is 0 Å². The van der Waals surface area contributed by atoms with Gasteiger partial charge in [-0.2, -0.15) is 11.8 Å². The van der Waals surface area contributed by atoms with Crippen molar-refractivity contribution in [2.45, 2.75) is 57.4 Å². The predicted octanol–water partition coefficient (Wildman–Crippen LogP) is 3.44. The van der Waals surface area contributed by atoms with E-state index >= 15 is 0 Å². The molecule has 1 N–H and O–H groups in total. The van der Waals surface area contributed by atoms with E-state index in [1.165, 1.54) is 69.4 Å². The van der Waals surface area contributed by atoms with E-state index in [2.05, 4.69) is 17.1 Å². The van der Waals surface area contributed by atoms with Gasteiger partial charge in [-0.1, -0.05) is 12.8 Å². The Bertz CT molecular complexity index is 162. The largest absolute Gasteiger partial charge is 0.314 e. The quantitative estimate of drug-likeness (QED) is 0.638. The molecule has 0 aromatic heterocycles. The number of unbranched alkanes of at least 4 members (excludes halogenated alkanes) is 1. The van der Waals surface area contributed by atoms with Gasteiger partial charge >= 0.3 is 0 Å². The van der Waals surface area contributed by atoms with Gasteiger partial charge in [0, 0.05) is 6.04 Å². The van der Waals surface area contributed by atoms with E-state index in [1.54, 1.807) is 0 Å². The second kappa shape index (κ2) is 6.80. The number of nitrogens with one attached hydrogen (secondary N) is 1. The highest BCUT2D eigenvalue weighted by Gasteiger charge is 2.19. The first kappa shape index (κ1) is 11.8. The zero-order chi connectivity index (χ0) is 10.3. The summed E-state index contributed by atoms with van der Waals surface area (Å²) in [7, 11) is 0. The molecule has 0 atom stereocenters. The molecular weight excluding hydrogens is 202 g/mol. The molecule has 0 aromatic carbocycles. The van der Waals surface area contributed by atoms with Gasteiger partial charge in [0.1, 0.15) is 0 Å². The van der Waals surface area contributed by atoms with Crippen molar-refractivity contribution in [1.82, 2.24) is 5.32 Å². The van der Waals surface area contributed by atoms with Crippen LogP contribution in [0.4, 0.5) is 0 Å². The minimum atomic E-state index is 0.899. The maximum atomic E-state index is 3.58. The molecule has 2 rings (SSSR count). The molecule has 2 heteroatoms. The summed E-state index contributed by atoms with van der Waals surface area (Å²) in [5.41, 5.74) is 0. The van der Waals surface area contributed by atoms with Crippen molar-refractivity contribution in [1.29, 1.82) is 0 Å². The molecule has 0 amide bonds. The smallest absolute Gasteiger partial charge is 0.00682 e. The predicted molar refractivity (Wildman–Crippen MR) is 69.5 cm³/mol. The molecule has 2 saturated carbocycles. The molecule has 0 spiro atoms. The molecular formula is C13H25NS. The molecule has 2 fully saturated rings. The van der Waals surface area contributed by atoms with Crippen LogP contribution in [-0.4, -0.2) is 24.1 Å². The van der Waals surface area contributed by atoms with Crippen molar-refractivity contribution in [3.8, 4) is 0 Å². The summed E-state index contributed by atoms with van der Waals surface area (Å²) in [5.74, 6) is 3.90. The minimum Gasteiger partial charge on any atom is -0.314 e.